The van der Waals surface area contributed by atoms with Crippen LogP contribution in [0.5, 0.6) is 5.75 Å². The molecule has 2 heteroatoms. The summed E-state index contributed by atoms with van der Waals surface area (Å²) >= 11 is 0. The molecule has 0 saturated carbocycles. The fourth-order valence-corrected chi connectivity index (χ4v) is 2.10. The fraction of sp³-hybridized carbons (Fsp3) is 0. The van der Waals surface area contributed by atoms with Gasteiger partial charge >= 0.3 is 0 Å². The van der Waals surface area contributed by atoms with Crippen LogP contribution in [-0.4, -0.2) is 5.11 Å². The summed E-state index contributed by atoms with van der Waals surface area (Å²) in [5.74, 6) is 5.87. The zero-order valence-electron chi connectivity index (χ0n) is 11.2. The molecule has 0 amide bonds. The smallest absolute Gasteiger partial charge is 0.220 e. The minimum atomic E-state index is -0.408. The Labute approximate surface area is 122 Å². The zero-order chi connectivity index (χ0) is 14.7. The van der Waals surface area contributed by atoms with Crippen molar-refractivity contribution in [2.45, 2.75) is 0 Å². The average Bonchev–Trinajstić information content (AvgIpc) is 2.65. The summed E-state index contributed by atoms with van der Waals surface area (Å²) in [6, 6.07) is 20.0. The molecule has 0 atom stereocenters. The molecule has 21 heavy (non-hydrogen) atoms. The zero-order valence-corrected chi connectivity index (χ0v) is 11.2. The number of hydrogen-bond donors (Lipinski definition) is 1. The Bertz CT molecular complexity index is 885. The Morgan fingerprint density at radius 2 is 1.57 bits per heavy atom. The molecule has 0 radical (unpaired) electrons. The van der Waals surface area contributed by atoms with E-state index in [4.69, 9.17) is 0 Å². The van der Waals surface area contributed by atoms with E-state index in [1.165, 1.54) is 12.1 Å². The topological polar surface area (TPSA) is 37.3 Å². The highest BCUT2D eigenvalue weighted by Crippen LogP contribution is 2.25. The maximum atomic E-state index is 11.3. The first-order valence-electron chi connectivity index (χ1n) is 6.57. The van der Waals surface area contributed by atoms with Gasteiger partial charge in [0.15, 0.2) is 5.75 Å². The lowest BCUT2D eigenvalue weighted by atomic mass is 10.1. The van der Waals surface area contributed by atoms with E-state index in [-0.39, 0.29) is 5.75 Å². The maximum absolute atomic E-state index is 11.3. The van der Waals surface area contributed by atoms with Gasteiger partial charge in [0, 0.05) is 11.1 Å². The predicted octanol–water partition coefficient (Wildman–Crippen LogP) is 3.26. The maximum Gasteiger partial charge on any atom is 0.220 e. The van der Waals surface area contributed by atoms with Crippen molar-refractivity contribution in [2.75, 3.05) is 0 Å². The van der Waals surface area contributed by atoms with E-state index in [0.717, 1.165) is 16.7 Å². The van der Waals surface area contributed by atoms with Crippen LogP contribution >= 0.6 is 0 Å². The second-order valence-corrected chi connectivity index (χ2v) is 4.65. The Morgan fingerprint density at radius 3 is 2.48 bits per heavy atom. The van der Waals surface area contributed by atoms with E-state index < -0.39 is 5.43 Å². The van der Waals surface area contributed by atoms with Gasteiger partial charge < -0.3 is 5.11 Å². The van der Waals surface area contributed by atoms with E-state index in [1.807, 2.05) is 42.5 Å². The lowest BCUT2D eigenvalue weighted by molar-refractivity contribution is 0.471. The first kappa shape index (κ1) is 13.0. The van der Waals surface area contributed by atoms with Crippen molar-refractivity contribution in [3.05, 3.63) is 88.1 Å². The van der Waals surface area contributed by atoms with E-state index in [1.54, 1.807) is 12.1 Å². The molecular formula is C19H12O2. The van der Waals surface area contributed by atoms with Crippen molar-refractivity contribution in [3.63, 3.8) is 0 Å². The quantitative estimate of drug-likeness (QED) is 0.638. The predicted molar refractivity (Wildman–Crippen MR) is 83.4 cm³/mol. The van der Waals surface area contributed by atoms with Gasteiger partial charge in [-0.05, 0) is 41.5 Å². The molecule has 0 aliphatic heterocycles. The third-order valence-electron chi connectivity index (χ3n) is 3.22. The summed E-state index contributed by atoms with van der Waals surface area (Å²) in [5.41, 5.74) is 3.46. The summed E-state index contributed by atoms with van der Waals surface area (Å²) in [5, 5.41) is 9.36. The van der Waals surface area contributed by atoms with Crippen LogP contribution < -0.4 is 5.43 Å². The van der Waals surface area contributed by atoms with Crippen LogP contribution in [-0.2, 0) is 0 Å². The molecule has 2 aliphatic carbocycles. The largest absolute Gasteiger partial charge is 0.504 e. The number of aromatic hydroxyl groups is 1. The summed E-state index contributed by atoms with van der Waals surface area (Å²) in [7, 11) is 0. The number of rotatable bonds is 0. The molecule has 2 aliphatic rings. The molecule has 1 aromatic carbocycles. The molecular weight excluding hydrogens is 260 g/mol. The van der Waals surface area contributed by atoms with Crippen LogP contribution in [0.3, 0.4) is 0 Å². The van der Waals surface area contributed by atoms with Crippen molar-refractivity contribution in [2.24, 2.45) is 0 Å². The van der Waals surface area contributed by atoms with Gasteiger partial charge in [0.25, 0.3) is 0 Å². The SMILES string of the molecule is O=c1ccc(C#Cc2ccc3cccccc2-3)ccc1O. The minimum absolute atomic E-state index is 0.270. The Morgan fingerprint density at radius 1 is 0.762 bits per heavy atom. The van der Waals surface area contributed by atoms with E-state index in [2.05, 4.69) is 11.8 Å². The molecule has 2 nitrogen and oxygen atoms in total. The van der Waals surface area contributed by atoms with Crippen molar-refractivity contribution < 1.29 is 5.11 Å². The number of fused-ring (bicyclic) bond motifs is 1. The van der Waals surface area contributed by atoms with Gasteiger partial charge in [-0.25, -0.2) is 0 Å². The Kier molecular flexibility index (Phi) is 3.41. The van der Waals surface area contributed by atoms with Gasteiger partial charge in [0.2, 0.25) is 5.43 Å². The van der Waals surface area contributed by atoms with E-state index in [9.17, 15) is 9.90 Å². The van der Waals surface area contributed by atoms with Crippen molar-refractivity contribution >= 4 is 0 Å². The second kappa shape index (κ2) is 5.52. The van der Waals surface area contributed by atoms with Crippen LogP contribution in [0.25, 0.3) is 11.1 Å². The van der Waals surface area contributed by atoms with E-state index in [0.29, 0.717) is 5.56 Å². The molecule has 3 rings (SSSR count). The minimum Gasteiger partial charge on any atom is -0.504 e. The Balaban J connectivity index is 2.02. The van der Waals surface area contributed by atoms with Gasteiger partial charge in [-0.2, -0.15) is 0 Å². The molecule has 0 fully saturated rings. The monoisotopic (exact) mass is 272 g/mol. The molecule has 0 aromatic heterocycles. The van der Waals surface area contributed by atoms with Crippen LogP contribution in [0.15, 0.2) is 71.5 Å². The van der Waals surface area contributed by atoms with E-state index >= 15 is 0 Å². The van der Waals surface area contributed by atoms with Gasteiger partial charge in [-0.3, -0.25) is 4.79 Å². The van der Waals surface area contributed by atoms with Crippen molar-refractivity contribution in [1.29, 1.82) is 0 Å². The summed E-state index contributed by atoms with van der Waals surface area (Å²) in [6.07, 6.45) is 0. The van der Waals surface area contributed by atoms with Crippen molar-refractivity contribution in [1.82, 2.24) is 0 Å². The first-order chi connectivity index (χ1) is 10.2. The Hall–Kier alpha value is -3.05. The van der Waals surface area contributed by atoms with Crippen molar-refractivity contribution in [3.8, 4) is 28.7 Å². The second-order valence-electron chi connectivity index (χ2n) is 4.65. The highest BCUT2D eigenvalue weighted by atomic mass is 16.3. The molecule has 0 heterocycles. The standard InChI is InChI=1S/C19H12O2/c20-18-12-7-14(8-13-19(18)21)6-9-16-11-10-15-4-2-1-3-5-17(15)16/h1-5,7-8,10-13H,(H,20,21). The van der Waals surface area contributed by atoms with Gasteiger partial charge in [-0.15, -0.1) is 0 Å². The van der Waals surface area contributed by atoms with Gasteiger partial charge in [0.05, 0.1) is 0 Å². The van der Waals surface area contributed by atoms with Gasteiger partial charge in [-0.1, -0.05) is 48.2 Å². The summed E-state index contributed by atoms with van der Waals surface area (Å²) < 4.78 is 0. The molecule has 1 N–H and O–H groups in total. The highest BCUT2D eigenvalue weighted by molar-refractivity contribution is 5.74. The molecule has 0 bridgehead atoms. The van der Waals surface area contributed by atoms with Crippen LogP contribution in [0.4, 0.5) is 0 Å². The van der Waals surface area contributed by atoms with Crippen LogP contribution in [0.2, 0.25) is 0 Å². The normalized spacial score (nSPS) is 9.90. The number of hydrogen-bond acceptors (Lipinski definition) is 2. The summed E-state index contributed by atoms with van der Waals surface area (Å²) in [6.45, 7) is 0. The van der Waals surface area contributed by atoms with Crippen LogP contribution in [0, 0.1) is 11.8 Å². The third kappa shape index (κ3) is 2.77. The molecule has 0 saturated heterocycles. The summed E-state index contributed by atoms with van der Waals surface area (Å²) in [4.78, 5) is 11.3. The molecule has 0 unspecified atom stereocenters. The highest BCUT2D eigenvalue weighted by Gasteiger charge is 2.04. The average molecular weight is 272 g/mol. The third-order valence-corrected chi connectivity index (χ3v) is 3.22. The molecule has 100 valence electrons. The van der Waals surface area contributed by atoms with Gasteiger partial charge in [0.1, 0.15) is 0 Å². The lowest BCUT2D eigenvalue weighted by Crippen LogP contribution is -1.91. The van der Waals surface area contributed by atoms with Crippen LogP contribution in [0.1, 0.15) is 11.1 Å². The molecule has 0 spiro atoms. The lowest BCUT2D eigenvalue weighted by Gasteiger charge is -1.92. The molecule has 1 aromatic rings. The first-order valence-corrected chi connectivity index (χ1v) is 6.57. The fourth-order valence-electron chi connectivity index (χ4n) is 2.10.